The first-order chi connectivity index (χ1) is 17.1. The molecule has 4 rings (SSSR count). The number of nitrogens with zero attached hydrogens (tertiary/aromatic N) is 3. The molecule has 2 aromatic rings. The molecule has 202 valence electrons. The molecular weight excluding hydrogens is 519 g/mol. The largest absolute Gasteiger partial charge is 0.393 e. The molecule has 2 aromatic heterocycles. The van der Waals surface area contributed by atoms with Gasteiger partial charge >= 0.3 is 7.60 Å². The lowest BCUT2D eigenvalue weighted by atomic mass is 10.0. The molecule has 15 heteroatoms. The van der Waals surface area contributed by atoms with Gasteiger partial charge in [-0.2, -0.15) is 4.98 Å². The Morgan fingerprint density at radius 1 is 1.25 bits per heavy atom. The first kappa shape index (κ1) is 27.6. The zero-order chi connectivity index (χ0) is 26.1. The van der Waals surface area contributed by atoms with E-state index in [9.17, 15) is 29.7 Å². The van der Waals surface area contributed by atoms with Crippen molar-refractivity contribution in [3.63, 3.8) is 0 Å². The van der Waals surface area contributed by atoms with Crippen molar-refractivity contribution in [2.75, 3.05) is 32.2 Å². The molecule has 1 saturated carbocycles. The van der Waals surface area contributed by atoms with Crippen LogP contribution in [-0.4, -0.2) is 102 Å². The van der Waals surface area contributed by atoms with E-state index in [0.717, 1.165) is 25.7 Å². The van der Waals surface area contributed by atoms with E-state index in [0.29, 0.717) is 23.1 Å². The van der Waals surface area contributed by atoms with Crippen LogP contribution in [0.15, 0.2) is 12.1 Å². The molecule has 6 N–H and O–H groups in total. The number of anilines is 1. The second-order valence-corrected chi connectivity index (χ2v) is 11.5. The summed E-state index contributed by atoms with van der Waals surface area (Å²) in [7, 11) is -3.75. The Kier molecular flexibility index (Phi) is 8.57. The molecule has 36 heavy (non-hydrogen) atoms. The van der Waals surface area contributed by atoms with E-state index in [1.54, 1.807) is 10.6 Å². The van der Waals surface area contributed by atoms with Crippen molar-refractivity contribution in [2.45, 2.75) is 67.9 Å². The standard InChI is InChI=1S/C21H32ClN4O9P/c1-33-11-21(10-27,36(30,31)32)34-9-16-18(29)17(28)15(35-16)8-13-6-7-14-19(23-12-4-2-3-5-12)24-20(22)25-26(13)14/h6-7,12,15-18,27-29H,2-5,8-11H2,1H3,(H,23,24,25)(H2,30,31,32)/t15-,16-,17+,18-,21?/m1/s1. The van der Waals surface area contributed by atoms with Crippen molar-refractivity contribution >= 4 is 30.5 Å². The van der Waals surface area contributed by atoms with Crippen LogP contribution < -0.4 is 5.32 Å². The number of halogens is 1. The average Bonchev–Trinajstić information content (AvgIpc) is 3.53. The fourth-order valence-electron chi connectivity index (χ4n) is 4.74. The van der Waals surface area contributed by atoms with E-state index in [2.05, 4.69) is 15.4 Å². The van der Waals surface area contributed by atoms with Gasteiger partial charge in [-0.15, -0.1) is 5.10 Å². The Morgan fingerprint density at radius 3 is 2.58 bits per heavy atom. The number of hydrogen-bond acceptors (Lipinski definition) is 10. The molecule has 1 aliphatic carbocycles. The highest BCUT2D eigenvalue weighted by Gasteiger charge is 2.51. The number of nitrogens with one attached hydrogen (secondary N) is 1. The number of fused-ring (bicyclic) bond motifs is 1. The SMILES string of the molecule is COCC(CO)(OC[C@H]1O[C@H](Cc2ccc3c(NC4CCCC4)nc(Cl)nn23)[C@H](O)[C@@H]1O)P(=O)(O)O. The molecule has 0 radical (unpaired) electrons. The van der Waals surface area contributed by atoms with Crippen LogP contribution in [0.4, 0.5) is 5.82 Å². The molecule has 0 aromatic carbocycles. The van der Waals surface area contributed by atoms with Gasteiger partial charge in [0.2, 0.25) is 10.6 Å². The van der Waals surface area contributed by atoms with Crippen LogP contribution in [0.2, 0.25) is 5.28 Å². The summed E-state index contributed by atoms with van der Waals surface area (Å²) in [5.41, 5.74) is 1.36. The van der Waals surface area contributed by atoms with E-state index >= 15 is 0 Å². The third kappa shape index (κ3) is 5.56. The predicted octanol–water partition coefficient (Wildman–Crippen LogP) is 0.298. The first-order valence-corrected chi connectivity index (χ1v) is 13.7. The Hall–Kier alpha value is -1.38. The maximum absolute atomic E-state index is 11.9. The van der Waals surface area contributed by atoms with Gasteiger partial charge in [-0.25, -0.2) is 4.52 Å². The minimum absolute atomic E-state index is 0.0515. The van der Waals surface area contributed by atoms with Crippen LogP contribution in [0.3, 0.4) is 0 Å². The maximum Gasteiger partial charge on any atom is 0.361 e. The highest BCUT2D eigenvalue weighted by atomic mass is 35.5. The van der Waals surface area contributed by atoms with Crippen LogP contribution in [0, 0.1) is 0 Å². The summed E-state index contributed by atoms with van der Waals surface area (Å²) in [5.74, 6) is 0.614. The zero-order valence-electron chi connectivity index (χ0n) is 19.7. The molecule has 5 atom stereocenters. The summed E-state index contributed by atoms with van der Waals surface area (Å²) in [4.78, 5) is 23.7. The minimum atomic E-state index is -4.96. The van der Waals surface area contributed by atoms with Crippen molar-refractivity contribution in [1.29, 1.82) is 0 Å². The van der Waals surface area contributed by atoms with Crippen LogP contribution in [0.25, 0.3) is 5.52 Å². The summed E-state index contributed by atoms with van der Waals surface area (Å²) < 4.78 is 29.5. The summed E-state index contributed by atoms with van der Waals surface area (Å²) in [6.45, 7) is -2.10. The monoisotopic (exact) mass is 550 g/mol. The molecule has 1 aliphatic heterocycles. The third-order valence-corrected chi connectivity index (χ3v) is 8.42. The Morgan fingerprint density at radius 2 is 1.94 bits per heavy atom. The summed E-state index contributed by atoms with van der Waals surface area (Å²) in [5, 5.41) is 36.2. The van der Waals surface area contributed by atoms with Gasteiger partial charge in [0.05, 0.1) is 25.9 Å². The van der Waals surface area contributed by atoms with Crippen molar-refractivity contribution in [3.05, 3.63) is 23.1 Å². The predicted molar refractivity (Wildman–Crippen MR) is 128 cm³/mol. The number of aromatic nitrogens is 3. The number of hydrogen-bond donors (Lipinski definition) is 6. The van der Waals surface area contributed by atoms with Crippen LogP contribution in [0.1, 0.15) is 31.4 Å². The normalized spacial score (nSPS) is 27.1. The molecule has 3 heterocycles. The summed E-state index contributed by atoms with van der Waals surface area (Å²) in [6, 6.07) is 3.95. The maximum atomic E-state index is 11.9. The topological polar surface area (TPSA) is 188 Å². The van der Waals surface area contributed by atoms with Gasteiger partial charge in [-0.1, -0.05) is 12.8 Å². The lowest BCUT2D eigenvalue weighted by molar-refractivity contribution is -0.118. The van der Waals surface area contributed by atoms with Crippen LogP contribution >= 0.6 is 19.2 Å². The van der Waals surface area contributed by atoms with Gasteiger partial charge in [-0.3, -0.25) is 4.57 Å². The molecule has 0 bridgehead atoms. The molecule has 13 nitrogen and oxygen atoms in total. The smallest absolute Gasteiger partial charge is 0.361 e. The van der Waals surface area contributed by atoms with Gasteiger partial charge in [-0.05, 0) is 36.6 Å². The third-order valence-electron chi connectivity index (χ3n) is 6.79. The minimum Gasteiger partial charge on any atom is -0.393 e. The average molecular weight is 551 g/mol. The van der Waals surface area contributed by atoms with Crippen LogP contribution in [0.5, 0.6) is 0 Å². The van der Waals surface area contributed by atoms with Crippen molar-refractivity contribution in [1.82, 2.24) is 14.6 Å². The highest BCUT2D eigenvalue weighted by molar-refractivity contribution is 7.53. The molecule has 1 unspecified atom stereocenters. The zero-order valence-corrected chi connectivity index (χ0v) is 21.4. The molecule has 2 aliphatic rings. The Labute approximate surface area is 212 Å². The fourth-order valence-corrected chi connectivity index (χ4v) is 5.63. The Balaban J connectivity index is 1.48. The van der Waals surface area contributed by atoms with E-state index < -0.39 is 57.2 Å². The summed E-state index contributed by atoms with van der Waals surface area (Å²) in [6.07, 6.45) is -0.112. The number of aliphatic hydroxyl groups excluding tert-OH is 3. The lowest BCUT2D eigenvalue weighted by Crippen LogP contribution is -2.44. The number of aliphatic hydroxyl groups is 3. The van der Waals surface area contributed by atoms with Gasteiger partial charge < -0.3 is 44.6 Å². The van der Waals surface area contributed by atoms with Gasteiger partial charge in [0.1, 0.15) is 23.8 Å². The van der Waals surface area contributed by atoms with Gasteiger partial charge in [0, 0.05) is 25.3 Å². The van der Waals surface area contributed by atoms with E-state index in [1.807, 2.05) is 6.07 Å². The number of ether oxygens (including phenoxy) is 3. The van der Waals surface area contributed by atoms with Crippen molar-refractivity contribution < 1.29 is 43.9 Å². The van der Waals surface area contributed by atoms with E-state index in [-0.39, 0.29) is 11.7 Å². The quantitative estimate of drug-likeness (QED) is 0.210. The molecule has 0 spiro atoms. The number of methoxy groups -OCH3 is 1. The Bertz CT molecular complexity index is 1090. The lowest BCUT2D eigenvalue weighted by Gasteiger charge is -2.32. The molecule has 2 fully saturated rings. The van der Waals surface area contributed by atoms with Gasteiger partial charge in [0.15, 0.2) is 5.82 Å². The molecular formula is C21H32ClN4O9P. The first-order valence-electron chi connectivity index (χ1n) is 11.7. The second-order valence-electron chi connectivity index (χ2n) is 9.27. The fraction of sp³-hybridized carbons (Fsp3) is 0.714. The van der Waals surface area contributed by atoms with E-state index in [4.69, 9.17) is 25.8 Å². The van der Waals surface area contributed by atoms with E-state index in [1.165, 1.54) is 7.11 Å². The van der Waals surface area contributed by atoms with Crippen molar-refractivity contribution in [2.24, 2.45) is 0 Å². The molecule has 0 amide bonds. The van der Waals surface area contributed by atoms with Gasteiger partial charge in [0.25, 0.3) is 0 Å². The number of rotatable bonds is 11. The summed E-state index contributed by atoms with van der Waals surface area (Å²) >= 11 is 6.18. The molecule has 1 saturated heterocycles. The highest BCUT2D eigenvalue weighted by Crippen LogP contribution is 2.51. The van der Waals surface area contributed by atoms with Crippen molar-refractivity contribution in [3.8, 4) is 0 Å². The second kappa shape index (κ2) is 11.2. The van der Waals surface area contributed by atoms with Crippen LogP contribution in [-0.2, 0) is 25.2 Å².